The third-order valence-corrected chi connectivity index (χ3v) is 7.57. The summed E-state index contributed by atoms with van der Waals surface area (Å²) in [4.78, 5) is 17.6. The molecule has 3 heteroatoms. The summed E-state index contributed by atoms with van der Waals surface area (Å²) < 4.78 is 0. The van der Waals surface area contributed by atoms with Crippen LogP contribution >= 0.6 is 0 Å². The van der Waals surface area contributed by atoms with Crippen molar-refractivity contribution in [2.24, 2.45) is 17.3 Å². The van der Waals surface area contributed by atoms with Crippen LogP contribution in [0, 0.1) is 17.3 Å². The second-order valence-electron chi connectivity index (χ2n) is 9.64. The molecule has 1 spiro atoms. The van der Waals surface area contributed by atoms with Crippen molar-refractivity contribution in [2.45, 2.75) is 104 Å². The second kappa shape index (κ2) is 10.4. The lowest BCUT2D eigenvalue weighted by Crippen LogP contribution is -2.55. The molecule has 0 aromatic rings. The van der Waals surface area contributed by atoms with E-state index in [1.54, 1.807) is 0 Å². The maximum Gasteiger partial charge on any atom is 0.138 e. The molecular formula is C24H46N2O. The molecule has 2 aliphatic carbocycles. The van der Waals surface area contributed by atoms with Crippen molar-refractivity contribution in [1.82, 2.24) is 9.80 Å². The summed E-state index contributed by atoms with van der Waals surface area (Å²) in [6.45, 7) is 14.2. The van der Waals surface area contributed by atoms with Crippen LogP contribution in [0.5, 0.6) is 0 Å². The topological polar surface area (TPSA) is 23.6 Å². The van der Waals surface area contributed by atoms with Gasteiger partial charge in [0.1, 0.15) is 5.78 Å². The third kappa shape index (κ3) is 5.56. The molecule has 0 amide bonds. The largest absolute Gasteiger partial charge is 0.303 e. The van der Waals surface area contributed by atoms with E-state index in [9.17, 15) is 4.79 Å². The van der Waals surface area contributed by atoms with E-state index in [-0.39, 0.29) is 5.92 Å². The van der Waals surface area contributed by atoms with Crippen LogP contribution in [-0.4, -0.2) is 54.3 Å². The van der Waals surface area contributed by atoms with Gasteiger partial charge >= 0.3 is 0 Å². The molecule has 3 aliphatic rings. The van der Waals surface area contributed by atoms with Crippen LogP contribution < -0.4 is 0 Å². The van der Waals surface area contributed by atoms with E-state index in [2.05, 4.69) is 37.6 Å². The van der Waals surface area contributed by atoms with Crippen LogP contribution in [0.2, 0.25) is 0 Å². The minimum Gasteiger partial charge on any atom is -0.303 e. The highest BCUT2D eigenvalue weighted by Gasteiger charge is 2.49. The molecule has 1 heterocycles. The minimum absolute atomic E-state index is 0.223. The summed E-state index contributed by atoms with van der Waals surface area (Å²) in [5, 5.41) is 0. The Morgan fingerprint density at radius 1 is 1.07 bits per heavy atom. The molecule has 3 fully saturated rings. The number of nitrogens with zero attached hydrogens (tertiary/aromatic N) is 2. The standard InChI is InChI=1S/C22H40N2O.C2H6/c1-5-12-23(4)19-8-13-24(14-9-19)20-15-22(16-20)10-6-18(7-11-22)21(25)17(2)3;1-2/h17-20H,5-16H2,1-4H3;1-2H3. The number of likely N-dealkylation sites (tertiary alicyclic amines) is 1. The molecule has 0 N–H and O–H groups in total. The minimum atomic E-state index is 0.223. The lowest BCUT2D eigenvalue weighted by molar-refractivity contribution is -0.129. The second-order valence-corrected chi connectivity index (χ2v) is 9.64. The van der Waals surface area contributed by atoms with Crippen LogP contribution in [0.1, 0.15) is 92.4 Å². The number of Topliss-reactive ketones (excluding diaryl/α,β-unsaturated/α-hetero) is 1. The number of hydrogen-bond acceptors (Lipinski definition) is 3. The highest BCUT2D eigenvalue weighted by Crippen LogP contribution is 2.54. The van der Waals surface area contributed by atoms with Crippen molar-refractivity contribution < 1.29 is 4.79 Å². The first-order valence-corrected chi connectivity index (χ1v) is 11.9. The predicted molar refractivity (Wildman–Crippen MR) is 116 cm³/mol. The summed E-state index contributed by atoms with van der Waals surface area (Å²) in [5.41, 5.74) is 0.605. The van der Waals surface area contributed by atoms with Crippen LogP contribution in [0.15, 0.2) is 0 Å². The summed E-state index contributed by atoms with van der Waals surface area (Å²) >= 11 is 0. The molecule has 1 aliphatic heterocycles. The van der Waals surface area contributed by atoms with Gasteiger partial charge in [-0.15, -0.1) is 0 Å². The van der Waals surface area contributed by atoms with E-state index in [1.165, 1.54) is 64.6 Å². The van der Waals surface area contributed by atoms with Gasteiger partial charge < -0.3 is 9.80 Å². The zero-order chi connectivity index (χ0) is 20.0. The number of ketones is 1. The fraction of sp³-hybridized carbons (Fsp3) is 0.958. The van der Waals surface area contributed by atoms with Gasteiger partial charge in [-0.05, 0) is 89.9 Å². The van der Waals surface area contributed by atoms with Crippen LogP contribution in [-0.2, 0) is 4.79 Å². The predicted octanol–water partition coefficient (Wildman–Crippen LogP) is 5.38. The summed E-state index contributed by atoms with van der Waals surface area (Å²) in [5.74, 6) is 1.11. The van der Waals surface area contributed by atoms with Gasteiger partial charge in [-0.1, -0.05) is 34.6 Å². The van der Waals surface area contributed by atoms with Gasteiger partial charge in [-0.2, -0.15) is 0 Å². The molecule has 0 bridgehead atoms. The van der Waals surface area contributed by atoms with E-state index in [1.807, 2.05) is 13.8 Å². The number of hydrogen-bond donors (Lipinski definition) is 0. The maximum absolute atomic E-state index is 12.2. The normalized spacial score (nSPS) is 32.3. The summed E-state index contributed by atoms with van der Waals surface area (Å²) in [7, 11) is 2.30. The van der Waals surface area contributed by atoms with Crippen molar-refractivity contribution in [3.63, 3.8) is 0 Å². The highest BCUT2D eigenvalue weighted by atomic mass is 16.1. The molecule has 27 heavy (non-hydrogen) atoms. The Morgan fingerprint density at radius 2 is 1.63 bits per heavy atom. The van der Waals surface area contributed by atoms with Crippen molar-refractivity contribution >= 4 is 5.78 Å². The number of carbonyl (C=O) groups is 1. The van der Waals surface area contributed by atoms with Crippen molar-refractivity contribution in [1.29, 1.82) is 0 Å². The Morgan fingerprint density at radius 3 is 2.11 bits per heavy atom. The highest BCUT2D eigenvalue weighted by molar-refractivity contribution is 5.82. The zero-order valence-corrected chi connectivity index (χ0v) is 19.1. The van der Waals surface area contributed by atoms with Crippen LogP contribution in [0.25, 0.3) is 0 Å². The van der Waals surface area contributed by atoms with E-state index < -0.39 is 0 Å². The Labute approximate surface area is 169 Å². The summed E-state index contributed by atoms with van der Waals surface area (Å²) in [6, 6.07) is 1.65. The quantitative estimate of drug-likeness (QED) is 0.619. The monoisotopic (exact) mass is 378 g/mol. The molecular weight excluding hydrogens is 332 g/mol. The Bertz CT molecular complexity index is 437. The molecule has 3 nitrogen and oxygen atoms in total. The summed E-state index contributed by atoms with van der Waals surface area (Å²) in [6.07, 6.45) is 11.7. The lowest BCUT2D eigenvalue weighted by atomic mass is 9.56. The van der Waals surface area contributed by atoms with E-state index in [0.29, 0.717) is 17.1 Å². The van der Waals surface area contributed by atoms with Crippen molar-refractivity contribution in [2.75, 3.05) is 26.7 Å². The molecule has 0 radical (unpaired) electrons. The van der Waals surface area contributed by atoms with Gasteiger partial charge in [-0.25, -0.2) is 0 Å². The fourth-order valence-electron chi connectivity index (χ4n) is 5.82. The third-order valence-electron chi connectivity index (χ3n) is 7.57. The Kier molecular flexibility index (Phi) is 8.80. The van der Waals surface area contributed by atoms with Crippen LogP contribution in [0.3, 0.4) is 0 Å². The number of piperidine rings is 1. The van der Waals surface area contributed by atoms with Gasteiger partial charge in [0.2, 0.25) is 0 Å². The molecule has 0 aromatic heterocycles. The molecule has 1 saturated heterocycles. The number of carbonyl (C=O) groups excluding carboxylic acids is 1. The average Bonchev–Trinajstić information content (AvgIpc) is 2.67. The molecule has 3 rings (SSSR count). The van der Waals surface area contributed by atoms with E-state index in [0.717, 1.165) is 24.9 Å². The first-order valence-electron chi connectivity index (χ1n) is 11.9. The van der Waals surface area contributed by atoms with Gasteiger partial charge in [0.05, 0.1) is 0 Å². The van der Waals surface area contributed by atoms with Gasteiger partial charge in [0.25, 0.3) is 0 Å². The lowest BCUT2D eigenvalue weighted by Gasteiger charge is -2.56. The first-order chi connectivity index (χ1) is 12.9. The van der Waals surface area contributed by atoms with Gasteiger partial charge in [0.15, 0.2) is 0 Å². The molecule has 0 atom stereocenters. The average molecular weight is 379 g/mol. The molecule has 0 unspecified atom stereocenters. The van der Waals surface area contributed by atoms with Gasteiger partial charge in [-0.3, -0.25) is 4.79 Å². The molecule has 158 valence electrons. The Hall–Kier alpha value is -0.410. The van der Waals surface area contributed by atoms with Crippen LogP contribution in [0.4, 0.5) is 0 Å². The molecule has 0 aromatic carbocycles. The maximum atomic E-state index is 12.2. The smallest absolute Gasteiger partial charge is 0.138 e. The first kappa shape index (κ1) is 22.9. The van der Waals surface area contributed by atoms with Crippen molar-refractivity contribution in [3.8, 4) is 0 Å². The molecule has 2 saturated carbocycles. The van der Waals surface area contributed by atoms with Gasteiger partial charge in [0, 0.05) is 23.9 Å². The van der Waals surface area contributed by atoms with E-state index in [4.69, 9.17) is 0 Å². The van der Waals surface area contributed by atoms with E-state index >= 15 is 0 Å². The SMILES string of the molecule is CC.CCCN(C)C1CCN(C2CC3(CCC(C(=O)C(C)C)CC3)C2)CC1. The number of rotatable bonds is 6. The van der Waals surface area contributed by atoms with Crippen molar-refractivity contribution in [3.05, 3.63) is 0 Å². The zero-order valence-electron chi connectivity index (χ0n) is 19.1. The Balaban J connectivity index is 0.00000126. The fourth-order valence-corrected chi connectivity index (χ4v) is 5.82.